The summed E-state index contributed by atoms with van der Waals surface area (Å²) in [5, 5.41) is 14.5. The van der Waals surface area contributed by atoms with Gasteiger partial charge >= 0.3 is 0 Å². The summed E-state index contributed by atoms with van der Waals surface area (Å²) in [6.07, 6.45) is 1.22. The van der Waals surface area contributed by atoms with Crippen molar-refractivity contribution in [3.05, 3.63) is 64.2 Å². The molecular formula is C18H19N3O5S. The molecule has 9 heteroatoms. The fourth-order valence-corrected chi connectivity index (χ4v) is 5.18. The number of nitrogens with one attached hydrogen (secondary N) is 2. The first-order valence-corrected chi connectivity index (χ1v) is 10.1. The summed E-state index contributed by atoms with van der Waals surface area (Å²) in [5.41, 5.74) is -0.191. The molecule has 0 aromatic heterocycles. The van der Waals surface area contributed by atoms with Crippen LogP contribution in [0.15, 0.2) is 53.4 Å². The molecule has 8 nitrogen and oxygen atoms in total. The maximum Gasteiger partial charge on any atom is 0.289 e. The normalized spacial score (nSPS) is 24.4. The van der Waals surface area contributed by atoms with Gasteiger partial charge in [-0.05, 0) is 18.7 Å². The second-order valence-corrected chi connectivity index (χ2v) is 8.53. The smallest absolute Gasteiger partial charge is 0.289 e. The van der Waals surface area contributed by atoms with E-state index in [1.165, 1.54) is 24.3 Å². The summed E-state index contributed by atoms with van der Waals surface area (Å²) < 4.78 is 34.8. The molecule has 2 heterocycles. The SMILES string of the molecule is O=[N+]([O-])c1ccccc1S(=O)(=O)NC1CC2(CCNC2)Oc2ccccc21. The third kappa shape index (κ3) is 3.29. The predicted octanol–water partition coefficient (Wildman–Crippen LogP) is 2.13. The van der Waals surface area contributed by atoms with Crippen LogP contribution in [0.1, 0.15) is 24.4 Å². The Morgan fingerprint density at radius 2 is 1.93 bits per heavy atom. The average Bonchev–Trinajstić information content (AvgIpc) is 3.08. The highest BCUT2D eigenvalue weighted by molar-refractivity contribution is 7.89. The second kappa shape index (κ2) is 6.59. The number of sulfonamides is 1. The van der Waals surface area contributed by atoms with E-state index < -0.39 is 32.3 Å². The third-order valence-electron chi connectivity index (χ3n) is 5.05. The Morgan fingerprint density at radius 1 is 1.19 bits per heavy atom. The Hall–Kier alpha value is -2.49. The molecule has 0 aliphatic carbocycles. The lowest BCUT2D eigenvalue weighted by molar-refractivity contribution is -0.387. The summed E-state index contributed by atoms with van der Waals surface area (Å²) in [4.78, 5) is 10.2. The van der Waals surface area contributed by atoms with Crippen LogP contribution < -0.4 is 14.8 Å². The van der Waals surface area contributed by atoms with Gasteiger partial charge in [0.25, 0.3) is 5.69 Å². The molecule has 1 saturated heterocycles. The van der Waals surface area contributed by atoms with E-state index in [1.54, 1.807) is 0 Å². The van der Waals surface area contributed by atoms with Gasteiger partial charge in [-0.3, -0.25) is 10.1 Å². The maximum absolute atomic E-state index is 13.0. The highest BCUT2D eigenvalue weighted by Crippen LogP contribution is 2.42. The summed E-state index contributed by atoms with van der Waals surface area (Å²) in [6, 6.07) is 12.1. The minimum absolute atomic E-state index is 0.336. The van der Waals surface area contributed by atoms with Crippen molar-refractivity contribution < 1.29 is 18.1 Å². The molecule has 0 amide bonds. The molecule has 1 fully saturated rings. The van der Waals surface area contributed by atoms with Gasteiger partial charge in [-0.1, -0.05) is 30.3 Å². The van der Waals surface area contributed by atoms with Crippen molar-refractivity contribution in [3.8, 4) is 5.75 Å². The van der Waals surface area contributed by atoms with E-state index in [4.69, 9.17) is 4.74 Å². The van der Waals surface area contributed by atoms with Crippen LogP contribution in [0.25, 0.3) is 0 Å². The number of rotatable bonds is 4. The van der Waals surface area contributed by atoms with E-state index in [-0.39, 0.29) is 4.90 Å². The van der Waals surface area contributed by atoms with E-state index in [0.29, 0.717) is 18.7 Å². The topological polar surface area (TPSA) is 111 Å². The second-order valence-electron chi connectivity index (χ2n) is 6.85. The van der Waals surface area contributed by atoms with Gasteiger partial charge in [0.2, 0.25) is 10.0 Å². The van der Waals surface area contributed by atoms with Crippen LogP contribution in [0.4, 0.5) is 5.69 Å². The molecule has 2 aliphatic heterocycles. The average molecular weight is 389 g/mol. The number of benzene rings is 2. The van der Waals surface area contributed by atoms with Crippen LogP contribution in [-0.2, 0) is 10.0 Å². The standard InChI is InChI=1S/C18H19N3O5S/c22-21(23)15-6-2-4-8-17(15)27(24,25)20-14-11-18(9-10-19-12-18)26-16-7-3-1-5-13(14)16/h1-8,14,19-20H,9-12H2. The summed E-state index contributed by atoms with van der Waals surface area (Å²) in [6.45, 7) is 1.43. The lowest BCUT2D eigenvalue weighted by Gasteiger charge is -2.39. The van der Waals surface area contributed by atoms with Crippen LogP contribution in [0.2, 0.25) is 0 Å². The molecule has 2 aromatic rings. The molecule has 27 heavy (non-hydrogen) atoms. The first-order chi connectivity index (χ1) is 12.9. The highest BCUT2D eigenvalue weighted by Gasteiger charge is 2.44. The first-order valence-electron chi connectivity index (χ1n) is 8.65. The molecular weight excluding hydrogens is 370 g/mol. The zero-order chi connectivity index (χ0) is 19.1. The fourth-order valence-electron chi connectivity index (χ4n) is 3.79. The number of para-hydroxylation sites is 2. The lowest BCUT2D eigenvalue weighted by atomic mass is 9.87. The zero-order valence-electron chi connectivity index (χ0n) is 14.4. The molecule has 142 valence electrons. The van der Waals surface area contributed by atoms with E-state index in [0.717, 1.165) is 18.5 Å². The largest absolute Gasteiger partial charge is 0.485 e. The van der Waals surface area contributed by atoms with Gasteiger partial charge in [0.1, 0.15) is 11.4 Å². The predicted molar refractivity (Wildman–Crippen MR) is 98.1 cm³/mol. The van der Waals surface area contributed by atoms with Crippen molar-refractivity contribution in [3.63, 3.8) is 0 Å². The quantitative estimate of drug-likeness (QED) is 0.612. The van der Waals surface area contributed by atoms with E-state index in [2.05, 4.69) is 10.0 Å². The minimum atomic E-state index is -4.09. The molecule has 2 N–H and O–H groups in total. The van der Waals surface area contributed by atoms with Gasteiger partial charge in [0, 0.05) is 31.0 Å². The highest BCUT2D eigenvalue weighted by atomic mass is 32.2. The van der Waals surface area contributed by atoms with Crippen molar-refractivity contribution in [2.75, 3.05) is 13.1 Å². The maximum atomic E-state index is 13.0. The van der Waals surface area contributed by atoms with E-state index >= 15 is 0 Å². The van der Waals surface area contributed by atoms with Crippen molar-refractivity contribution in [2.45, 2.75) is 29.4 Å². The van der Waals surface area contributed by atoms with Gasteiger partial charge < -0.3 is 10.1 Å². The Bertz CT molecular complexity index is 986. The molecule has 4 rings (SSSR count). The Kier molecular flexibility index (Phi) is 4.37. The molecule has 2 aliphatic rings. The molecule has 0 bridgehead atoms. The first kappa shape index (κ1) is 17.9. The number of nitro groups is 1. The van der Waals surface area contributed by atoms with Gasteiger partial charge in [-0.25, -0.2) is 13.1 Å². The molecule has 1 spiro atoms. The monoisotopic (exact) mass is 389 g/mol. The molecule has 2 unspecified atom stereocenters. The van der Waals surface area contributed by atoms with Gasteiger partial charge in [-0.15, -0.1) is 0 Å². The van der Waals surface area contributed by atoms with Crippen LogP contribution in [0.5, 0.6) is 5.75 Å². The number of fused-ring (bicyclic) bond motifs is 1. The number of nitrogens with zero attached hydrogens (tertiary/aromatic N) is 1. The summed E-state index contributed by atoms with van der Waals surface area (Å²) >= 11 is 0. The van der Waals surface area contributed by atoms with Crippen LogP contribution in [-0.4, -0.2) is 32.0 Å². The fraction of sp³-hybridized carbons (Fsp3) is 0.333. The van der Waals surface area contributed by atoms with Crippen molar-refractivity contribution in [2.24, 2.45) is 0 Å². The van der Waals surface area contributed by atoms with Crippen LogP contribution in [0, 0.1) is 10.1 Å². The number of nitro benzene ring substituents is 1. The molecule has 0 radical (unpaired) electrons. The van der Waals surface area contributed by atoms with Gasteiger partial charge in [-0.2, -0.15) is 0 Å². The van der Waals surface area contributed by atoms with Crippen molar-refractivity contribution in [1.82, 2.24) is 10.0 Å². The van der Waals surface area contributed by atoms with E-state index in [1.807, 2.05) is 24.3 Å². The lowest BCUT2D eigenvalue weighted by Crippen LogP contribution is -2.46. The molecule has 2 atom stereocenters. The number of hydrogen-bond acceptors (Lipinski definition) is 6. The Balaban J connectivity index is 1.72. The minimum Gasteiger partial charge on any atom is -0.485 e. The van der Waals surface area contributed by atoms with Crippen LogP contribution >= 0.6 is 0 Å². The Labute approximate surface area is 156 Å². The van der Waals surface area contributed by atoms with Crippen molar-refractivity contribution in [1.29, 1.82) is 0 Å². The molecule has 2 aromatic carbocycles. The van der Waals surface area contributed by atoms with Gasteiger partial charge in [0.15, 0.2) is 4.90 Å². The molecule has 0 saturated carbocycles. The third-order valence-corrected chi connectivity index (χ3v) is 6.57. The zero-order valence-corrected chi connectivity index (χ0v) is 15.2. The Morgan fingerprint density at radius 3 is 2.67 bits per heavy atom. The van der Waals surface area contributed by atoms with Crippen molar-refractivity contribution >= 4 is 15.7 Å². The van der Waals surface area contributed by atoms with Gasteiger partial charge in [0.05, 0.1) is 11.0 Å². The van der Waals surface area contributed by atoms with E-state index in [9.17, 15) is 18.5 Å². The van der Waals surface area contributed by atoms with Crippen LogP contribution in [0.3, 0.4) is 0 Å². The summed E-state index contributed by atoms with van der Waals surface area (Å²) in [5.74, 6) is 0.641. The summed E-state index contributed by atoms with van der Waals surface area (Å²) in [7, 11) is -4.09. The number of hydrogen-bond donors (Lipinski definition) is 2. The number of ether oxygens (including phenoxy) is 1.